The van der Waals surface area contributed by atoms with E-state index in [0.717, 1.165) is 31.1 Å². The summed E-state index contributed by atoms with van der Waals surface area (Å²) in [6, 6.07) is 8.63. The van der Waals surface area contributed by atoms with Gasteiger partial charge >= 0.3 is 0 Å². The van der Waals surface area contributed by atoms with Crippen LogP contribution in [0.15, 0.2) is 57.0 Å². The van der Waals surface area contributed by atoms with E-state index in [1.807, 2.05) is 0 Å². The number of aryl methyl sites for hydroxylation is 1. The Morgan fingerprint density at radius 2 is 1.85 bits per heavy atom. The van der Waals surface area contributed by atoms with Gasteiger partial charge in [-0.1, -0.05) is 18.2 Å². The lowest BCUT2D eigenvalue weighted by molar-refractivity contribution is -0.134. The molecule has 0 spiro atoms. The van der Waals surface area contributed by atoms with Crippen LogP contribution in [-0.2, 0) is 37.0 Å². The van der Waals surface area contributed by atoms with Crippen LogP contribution in [0.4, 0.5) is 10.1 Å². The van der Waals surface area contributed by atoms with E-state index in [-0.39, 0.29) is 69.7 Å². The number of anilines is 1. The maximum absolute atomic E-state index is 14.0. The van der Waals surface area contributed by atoms with Crippen LogP contribution in [0.3, 0.4) is 0 Å². The van der Waals surface area contributed by atoms with Gasteiger partial charge in [-0.15, -0.1) is 4.40 Å². The molecule has 2 aromatic carbocycles. The van der Waals surface area contributed by atoms with Gasteiger partial charge in [-0.05, 0) is 72.9 Å². The minimum Gasteiger partial charge on any atom is -0.511 e. The molecule has 2 saturated carbocycles. The summed E-state index contributed by atoms with van der Waals surface area (Å²) >= 11 is 0. The van der Waals surface area contributed by atoms with Gasteiger partial charge < -0.3 is 15.3 Å². The fourth-order valence-electron chi connectivity index (χ4n) is 6.76. The van der Waals surface area contributed by atoms with Crippen LogP contribution in [0.2, 0.25) is 0 Å². The Balaban J connectivity index is 1.41. The quantitative estimate of drug-likeness (QED) is 0.560. The fourth-order valence-corrected chi connectivity index (χ4v) is 8.71. The van der Waals surface area contributed by atoms with Crippen molar-refractivity contribution < 1.29 is 31.1 Å². The van der Waals surface area contributed by atoms with Gasteiger partial charge in [0.15, 0.2) is 15.7 Å². The topological polar surface area (TPSA) is 133 Å². The maximum Gasteiger partial charge on any atom is 0.286 e. The smallest absolute Gasteiger partial charge is 0.286 e. The third kappa shape index (κ3) is 4.43. The van der Waals surface area contributed by atoms with Crippen molar-refractivity contribution in [1.29, 1.82) is 0 Å². The SMILES string of the molecule is Cc1cc(CN2C(=O)C(C3=NS(=O)(=O)c4cc(CS(C)(=O)=O)ccc4N3)=C(O)C3C2[C@H]2CC[C@@H]3C2)ccc1F. The first-order chi connectivity index (χ1) is 18.3. The first kappa shape index (κ1) is 26.0. The first-order valence-electron chi connectivity index (χ1n) is 12.7. The largest absolute Gasteiger partial charge is 0.511 e. The van der Waals surface area contributed by atoms with Gasteiger partial charge in [0.05, 0.1) is 11.4 Å². The van der Waals surface area contributed by atoms with Crippen LogP contribution in [0, 0.1) is 30.5 Å². The van der Waals surface area contributed by atoms with E-state index in [1.165, 1.54) is 24.3 Å². The molecule has 2 bridgehead atoms. The minimum absolute atomic E-state index is 0.140. The van der Waals surface area contributed by atoms with E-state index in [9.17, 15) is 31.1 Å². The van der Waals surface area contributed by atoms with Gasteiger partial charge in [-0.3, -0.25) is 4.79 Å². The number of sulfone groups is 1. The maximum atomic E-state index is 14.0. The second-order valence-corrected chi connectivity index (χ2v) is 14.8. The predicted octanol–water partition coefficient (Wildman–Crippen LogP) is 3.46. The summed E-state index contributed by atoms with van der Waals surface area (Å²) < 4.78 is 67.6. The molecule has 1 amide bonds. The van der Waals surface area contributed by atoms with Crippen molar-refractivity contribution in [2.24, 2.45) is 22.2 Å². The Kier molecular flexibility index (Phi) is 5.92. The number of carbonyl (C=O) groups excluding carboxylic acids is 1. The van der Waals surface area contributed by atoms with E-state index in [2.05, 4.69) is 9.71 Å². The molecular weight excluding hydrogens is 545 g/mol. The molecule has 6 rings (SSSR count). The number of nitrogens with zero attached hydrogens (tertiary/aromatic N) is 2. The third-order valence-corrected chi connectivity index (χ3v) is 10.5. The summed E-state index contributed by atoms with van der Waals surface area (Å²) in [4.78, 5) is 15.5. The second kappa shape index (κ2) is 8.88. The number of aliphatic hydroxyl groups excluding tert-OH is 1. The molecule has 0 aromatic heterocycles. The number of sulfonamides is 1. The zero-order chi connectivity index (χ0) is 27.9. The number of carbonyl (C=O) groups is 1. The van der Waals surface area contributed by atoms with E-state index in [1.54, 1.807) is 24.0 Å². The van der Waals surface area contributed by atoms with Crippen molar-refractivity contribution >= 4 is 37.3 Å². The summed E-state index contributed by atoms with van der Waals surface area (Å²) in [6.07, 6.45) is 3.77. The molecule has 0 saturated heterocycles. The number of aliphatic hydroxyl groups is 1. The van der Waals surface area contributed by atoms with Gasteiger partial charge in [0.1, 0.15) is 22.0 Å². The molecule has 2 aliphatic carbocycles. The standard InChI is InChI=1S/C27H28FN3O6S2/c1-14-9-15(3-7-19(14)28)12-31-24-18-6-5-17(11-18)22(24)25(32)23(27(31)33)26-29-20-8-4-16(13-38(2,34)35)10-21(20)39(36,37)30-26/h3-4,7-10,17-18,22,24,32H,5-6,11-13H2,1-2H3,(H,29,30)/t17-,18+,22?,24?/m1/s1. The highest BCUT2D eigenvalue weighted by Gasteiger charge is 2.57. The average molecular weight is 574 g/mol. The summed E-state index contributed by atoms with van der Waals surface area (Å²) in [5.41, 5.74) is 1.44. The van der Waals surface area contributed by atoms with Crippen LogP contribution in [0.25, 0.3) is 0 Å². The fraction of sp³-hybridized carbons (Fsp3) is 0.407. The van der Waals surface area contributed by atoms with Gasteiger partial charge in [-0.25, -0.2) is 12.8 Å². The van der Waals surface area contributed by atoms with Crippen molar-refractivity contribution in [3.05, 3.63) is 70.2 Å². The number of rotatable bonds is 5. The lowest BCUT2D eigenvalue weighted by atomic mass is 9.77. The molecule has 2 heterocycles. The van der Waals surface area contributed by atoms with Gasteiger partial charge in [0.2, 0.25) is 0 Å². The molecule has 12 heteroatoms. The molecule has 2 aromatic rings. The van der Waals surface area contributed by atoms with E-state index < -0.39 is 25.8 Å². The Labute approximate surface area is 226 Å². The Morgan fingerprint density at radius 1 is 1.13 bits per heavy atom. The zero-order valence-corrected chi connectivity index (χ0v) is 23.0. The molecule has 2 fully saturated rings. The molecule has 39 heavy (non-hydrogen) atoms. The lowest BCUT2D eigenvalue weighted by Gasteiger charge is -2.44. The molecule has 4 atom stereocenters. The normalized spacial score (nSPS) is 27.2. The molecule has 2 unspecified atom stereocenters. The minimum atomic E-state index is -4.31. The van der Waals surface area contributed by atoms with E-state index in [0.29, 0.717) is 11.1 Å². The number of amidine groups is 1. The van der Waals surface area contributed by atoms with Gasteiger partial charge in [-0.2, -0.15) is 8.42 Å². The molecule has 9 nitrogen and oxygen atoms in total. The number of fused-ring (bicyclic) bond motifs is 6. The van der Waals surface area contributed by atoms with Gasteiger partial charge in [0.25, 0.3) is 15.9 Å². The Hall–Kier alpha value is -3.25. The van der Waals surface area contributed by atoms with Crippen molar-refractivity contribution in [3.63, 3.8) is 0 Å². The monoisotopic (exact) mass is 573 g/mol. The third-order valence-electron chi connectivity index (χ3n) is 8.31. The highest BCUT2D eigenvalue weighted by Crippen LogP contribution is 2.55. The molecule has 0 radical (unpaired) electrons. The number of halogens is 1. The summed E-state index contributed by atoms with van der Waals surface area (Å²) in [7, 11) is -7.71. The molecule has 2 N–H and O–H groups in total. The number of hydrogen-bond acceptors (Lipinski definition) is 7. The average Bonchev–Trinajstić information content (AvgIpc) is 3.46. The molecular formula is C27H28FN3O6S2. The van der Waals surface area contributed by atoms with Crippen LogP contribution < -0.4 is 5.32 Å². The van der Waals surface area contributed by atoms with Crippen LogP contribution >= 0.6 is 0 Å². The highest BCUT2D eigenvalue weighted by molar-refractivity contribution is 7.90. The Bertz CT molecular complexity index is 1700. The number of benzene rings is 2. The van der Waals surface area contributed by atoms with Crippen molar-refractivity contribution in [3.8, 4) is 0 Å². The highest BCUT2D eigenvalue weighted by atomic mass is 32.2. The molecule has 4 aliphatic rings. The van der Waals surface area contributed by atoms with Crippen molar-refractivity contribution in [2.75, 3.05) is 11.6 Å². The zero-order valence-electron chi connectivity index (χ0n) is 21.4. The molecule has 2 aliphatic heterocycles. The summed E-state index contributed by atoms with van der Waals surface area (Å²) in [5.74, 6) is -1.60. The summed E-state index contributed by atoms with van der Waals surface area (Å²) in [6.45, 7) is 1.84. The van der Waals surface area contributed by atoms with Crippen LogP contribution in [-0.4, -0.2) is 50.9 Å². The lowest BCUT2D eigenvalue weighted by Crippen LogP contribution is -2.53. The van der Waals surface area contributed by atoms with Crippen LogP contribution in [0.5, 0.6) is 0 Å². The van der Waals surface area contributed by atoms with Crippen molar-refractivity contribution in [1.82, 2.24) is 4.90 Å². The summed E-state index contributed by atoms with van der Waals surface area (Å²) in [5, 5.41) is 14.3. The first-order valence-corrected chi connectivity index (χ1v) is 16.2. The molecule has 206 valence electrons. The van der Waals surface area contributed by atoms with Crippen LogP contribution in [0.1, 0.15) is 36.0 Å². The van der Waals surface area contributed by atoms with E-state index >= 15 is 0 Å². The number of hydrogen-bond donors (Lipinski definition) is 2. The van der Waals surface area contributed by atoms with E-state index in [4.69, 9.17) is 0 Å². The number of nitrogens with one attached hydrogen (secondary N) is 1. The second-order valence-electron chi connectivity index (χ2n) is 11.1. The predicted molar refractivity (Wildman–Crippen MR) is 143 cm³/mol. The van der Waals surface area contributed by atoms with Crippen molar-refractivity contribution in [2.45, 2.75) is 49.4 Å². The van der Waals surface area contributed by atoms with Gasteiger partial charge in [0, 0.05) is 24.8 Å². The number of amides is 1. The Morgan fingerprint density at radius 3 is 2.56 bits per heavy atom.